The van der Waals surface area contributed by atoms with Crippen molar-refractivity contribution in [2.45, 2.75) is 19.4 Å². The quantitative estimate of drug-likeness (QED) is 0.671. The van der Waals surface area contributed by atoms with E-state index in [-0.39, 0.29) is 0 Å². The van der Waals surface area contributed by atoms with Crippen LogP contribution in [-0.2, 0) is 4.74 Å². The van der Waals surface area contributed by atoms with Gasteiger partial charge in [0.15, 0.2) is 0 Å². The predicted molar refractivity (Wildman–Crippen MR) is 50.3 cm³/mol. The summed E-state index contributed by atoms with van der Waals surface area (Å²) in [6.07, 6.45) is 1.24. The van der Waals surface area contributed by atoms with Crippen LogP contribution in [0.2, 0.25) is 0 Å². The summed E-state index contributed by atoms with van der Waals surface area (Å²) in [5, 5.41) is 1.11. The number of ether oxygens (including phenoxy) is 1. The van der Waals surface area contributed by atoms with Crippen LogP contribution < -0.4 is 0 Å². The summed E-state index contributed by atoms with van der Waals surface area (Å²) in [6, 6.07) is 0.614. The monoisotopic (exact) mass is 221 g/mol. The van der Waals surface area contributed by atoms with E-state index in [2.05, 4.69) is 27.8 Å². The van der Waals surface area contributed by atoms with Gasteiger partial charge in [0.25, 0.3) is 0 Å². The maximum atomic E-state index is 5.34. The maximum absolute atomic E-state index is 5.34. The topological polar surface area (TPSA) is 12.5 Å². The minimum Gasteiger partial charge on any atom is -0.379 e. The molecule has 1 unspecified atom stereocenters. The molecule has 1 saturated heterocycles. The lowest BCUT2D eigenvalue weighted by molar-refractivity contribution is 0.0000712. The minimum absolute atomic E-state index is 0.614. The van der Waals surface area contributed by atoms with Gasteiger partial charge in [-0.15, -0.1) is 0 Å². The van der Waals surface area contributed by atoms with Gasteiger partial charge in [0.2, 0.25) is 0 Å². The van der Waals surface area contributed by atoms with Crippen molar-refractivity contribution in [1.29, 1.82) is 0 Å². The molecular formula is C8H16BrNO. The molecule has 0 amide bonds. The predicted octanol–water partition coefficient (Wildman–Crippen LogP) is 1.49. The zero-order chi connectivity index (χ0) is 8.10. The molecule has 1 heterocycles. The highest BCUT2D eigenvalue weighted by atomic mass is 79.9. The third-order valence-corrected chi connectivity index (χ3v) is 2.64. The summed E-state index contributed by atoms with van der Waals surface area (Å²) in [6.45, 7) is 6.35. The van der Waals surface area contributed by atoms with Crippen LogP contribution >= 0.6 is 15.9 Å². The van der Waals surface area contributed by atoms with Crippen molar-refractivity contribution in [2.75, 3.05) is 31.6 Å². The van der Waals surface area contributed by atoms with E-state index < -0.39 is 0 Å². The number of halogens is 1. The Balaban J connectivity index is 2.18. The molecular weight excluding hydrogens is 206 g/mol. The second-order valence-corrected chi connectivity index (χ2v) is 3.80. The van der Waals surface area contributed by atoms with E-state index in [1.54, 1.807) is 0 Å². The lowest BCUT2D eigenvalue weighted by atomic mass is 10.2. The highest BCUT2D eigenvalue weighted by Gasteiger charge is 2.17. The first-order valence-corrected chi connectivity index (χ1v) is 5.34. The van der Waals surface area contributed by atoms with Crippen LogP contribution in [0.3, 0.4) is 0 Å². The Morgan fingerprint density at radius 2 is 2.45 bits per heavy atom. The third kappa shape index (κ3) is 3.09. The van der Waals surface area contributed by atoms with Crippen molar-refractivity contribution in [3.63, 3.8) is 0 Å². The van der Waals surface area contributed by atoms with E-state index in [4.69, 9.17) is 4.74 Å². The Kier molecular flexibility index (Phi) is 4.41. The standard InChI is InChI=1S/C8H16BrNO/c1-8-7-11-6-5-10(8)4-2-3-9/h8H,2-7H2,1H3. The fraction of sp³-hybridized carbons (Fsp3) is 1.00. The molecule has 1 atom stereocenters. The summed E-state index contributed by atoms with van der Waals surface area (Å²) >= 11 is 3.44. The molecule has 2 nitrogen and oxygen atoms in total. The fourth-order valence-corrected chi connectivity index (χ4v) is 1.61. The first kappa shape index (κ1) is 9.49. The Morgan fingerprint density at radius 3 is 3.09 bits per heavy atom. The Labute approximate surface area is 77.0 Å². The van der Waals surface area contributed by atoms with E-state index in [0.29, 0.717) is 6.04 Å². The second-order valence-electron chi connectivity index (χ2n) is 3.00. The van der Waals surface area contributed by atoms with E-state index in [1.165, 1.54) is 13.0 Å². The molecule has 1 aliphatic heterocycles. The summed E-state index contributed by atoms with van der Waals surface area (Å²) in [4.78, 5) is 2.49. The second kappa shape index (κ2) is 5.12. The molecule has 0 aromatic rings. The van der Waals surface area contributed by atoms with Gasteiger partial charge in [0, 0.05) is 17.9 Å². The van der Waals surface area contributed by atoms with Crippen LogP contribution in [0.25, 0.3) is 0 Å². The van der Waals surface area contributed by atoms with Crippen LogP contribution in [0.5, 0.6) is 0 Å². The maximum Gasteiger partial charge on any atom is 0.0619 e. The third-order valence-electron chi connectivity index (χ3n) is 2.08. The van der Waals surface area contributed by atoms with Crippen molar-refractivity contribution in [1.82, 2.24) is 4.90 Å². The van der Waals surface area contributed by atoms with Crippen LogP contribution in [0.1, 0.15) is 13.3 Å². The van der Waals surface area contributed by atoms with Crippen molar-refractivity contribution in [3.8, 4) is 0 Å². The van der Waals surface area contributed by atoms with Crippen molar-refractivity contribution in [3.05, 3.63) is 0 Å². The van der Waals surface area contributed by atoms with Gasteiger partial charge in [-0.2, -0.15) is 0 Å². The van der Waals surface area contributed by atoms with Crippen LogP contribution in [0, 0.1) is 0 Å². The summed E-state index contributed by atoms with van der Waals surface area (Å²) in [5.41, 5.74) is 0. The number of hydrogen-bond donors (Lipinski definition) is 0. The van der Waals surface area contributed by atoms with Crippen LogP contribution in [0.4, 0.5) is 0 Å². The SMILES string of the molecule is CC1COCCN1CCCBr. The highest BCUT2D eigenvalue weighted by molar-refractivity contribution is 9.09. The molecule has 0 radical (unpaired) electrons. The molecule has 66 valence electrons. The lowest BCUT2D eigenvalue weighted by Gasteiger charge is -2.32. The van der Waals surface area contributed by atoms with Gasteiger partial charge in [-0.1, -0.05) is 15.9 Å². The first-order chi connectivity index (χ1) is 5.34. The van der Waals surface area contributed by atoms with E-state index in [1.807, 2.05) is 0 Å². The number of morpholine rings is 1. The molecule has 1 fully saturated rings. The molecule has 1 rings (SSSR count). The molecule has 1 aliphatic rings. The molecule has 0 bridgehead atoms. The van der Waals surface area contributed by atoms with Crippen molar-refractivity contribution >= 4 is 15.9 Å². The summed E-state index contributed by atoms with van der Waals surface area (Å²) < 4.78 is 5.34. The zero-order valence-electron chi connectivity index (χ0n) is 7.05. The van der Waals surface area contributed by atoms with Gasteiger partial charge in [0.05, 0.1) is 13.2 Å². The van der Waals surface area contributed by atoms with E-state index >= 15 is 0 Å². The van der Waals surface area contributed by atoms with Gasteiger partial charge in [0.1, 0.15) is 0 Å². The number of hydrogen-bond acceptors (Lipinski definition) is 2. The zero-order valence-corrected chi connectivity index (χ0v) is 8.64. The Morgan fingerprint density at radius 1 is 1.64 bits per heavy atom. The molecule has 0 aromatic heterocycles. The first-order valence-electron chi connectivity index (χ1n) is 4.22. The molecule has 0 spiro atoms. The molecule has 0 aliphatic carbocycles. The van der Waals surface area contributed by atoms with Gasteiger partial charge in [-0.3, -0.25) is 4.90 Å². The number of nitrogens with zero attached hydrogens (tertiary/aromatic N) is 1. The number of rotatable bonds is 3. The lowest BCUT2D eigenvalue weighted by Crippen LogP contribution is -2.44. The summed E-state index contributed by atoms with van der Waals surface area (Å²) in [5.74, 6) is 0. The fourth-order valence-electron chi connectivity index (χ4n) is 1.36. The van der Waals surface area contributed by atoms with Crippen LogP contribution in [-0.4, -0.2) is 42.6 Å². The molecule has 0 saturated carbocycles. The molecule has 3 heteroatoms. The smallest absolute Gasteiger partial charge is 0.0619 e. The van der Waals surface area contributed by atoms with E-state index in [0.717, 1.165) is 25.1 Å². The van der Waals surface area contributed by atoms with Gasteiger partial charge < -0.3 is 4.74 Å². The van der Waals surface area contributed by atoms with Gasteiger partial charge in [-0.25, -0.2) is 0 Å². The minimum atomic E-state index is 0.614. The average Bonchev–Trinajstić information content (AvgIpc) is 2.03. The van der Waals surface area contributed by atoms with E-state index in [9.17, 15) is 0 Å². The van der Waals surface area contributed by atoms with Crippen molar-refractivity contribution in [2.24, 2.45) is 0 Å². The molecule has 0 aromatic carbocycles. The normalized spacial score (nSPS) is 27.3. The summed E-state index contributed by atoms with van der Waals surface area (Å²) in [7, 11) is 0. The largest absolute Gasteiger partial charge is 0.379 e. The average molecular weight is 222 g/mol. The van der Waals surface area contributed by atoms with Gasteiger partial charge >= 0.3 is 0 Å². The highest BCUT2D eigenvalue weighted by Crippen LogP contribution is 2.06. The molecule has 0 N–H and O–H groups in total. The van der Waals surface area contributed by atoms with Crippen molar-refractivity contribution < 1.29 is 4.74 Å². The number of alkyl halides is 1. The molecule has 11 heavy (non-hydrogen) atoms. The Bertz CT molecular complexity index is 110. The Hall–Kier alpha value is 0.400. The van der Waals surface area contributed by atoms with Crippen LogP contribution in [0.15, 0.2) is 0 Å². The van der Waals surface area contributed by atoms with Gasteiger partial charge in [-0.05, 0) is 19.9 Å².